The summed E-state index contributed by atoms with van der Waals surface area (Å²) in [5.74, 6) is -2.51. The molecular weight excluding hydrogens is 593 g/mol. The number of anilines is 1. The van der Waals surface area contributed by atoms with Crippen molar-refractivity contribution in [1.82, 2.24) is 4.72 Å². The van der Waals surface area contributed by atoms with E-state index in [0.717, 1.165) is 21.5 Å². The average Bonchev–Trinajstić information content (AvgIpc) is 2.78. The fourth-order valence-corrected chi connectivity index (χ4v) is 6.28. The molecule has 0 atom stereocenters. The summed E-state index contributed by atoms with van der Waals surface area (Å²) in [4.78, 5) is 21.4. The molecule has 0 aliphatic rings. The molecular formula is C23H21BrFN3O7S2. The van der Waals surface area contributed by atoms with Gasteiger partial charge < -0.3 is 0 Å². The van der Waals surface area contributed by atoms with E-state index in [0.29, 0.717) is 16.6 Å². The van der Waals surface area contributed by atoms with Crippen molar-refractivity contribution in [2.75, 3.05) is 10.8 Å². The van der Waals surface area contributed by atoms with Crippen molar-refractivity contribution in [2.24, 2.45) is 0 Å². The third-order valence-electron chi connectivity index (χ3n) is 5.10. The average molecular weight is 614 g/mol. The quantitative estimate of drug-likeness (QED) is 0.281. The highest BCUT2D eigenvalue weighted by Gasteiger charge is 2.28. The molecule has 1 amide bonds. The Bertz CT molecular complexity index is 1560. The van der Waals surface area contributed by atoms with Crippen LogP contribution in [0, 0.1) is 29.8 Å². The van der Waals surface area contributed by atoms with Crippen LogP contribution < -0.4 is 9.03 Å². The molecule has 0 heterocycles. The summed E-state index contributed by atoms with van der Waals surface area (Å²) in [6.07, 6.45) is -0.587. The van der Waals surface area contributed by atoms with Crippen LogP contribution in [-0.4, -0.2) is 34.2 Å². The minimum absolute atomic E-state index is 0.0455. The standard InChI is InChI=1S/C23H21BrFN3O7S2/c1-15-11-16(2)13-19(12-15)27(37(34,35)20-6-3-17(24)4-7-20)10-9-23(29)26-36(32,33)22-8-5-18(28(30)31)14-21(22)25/h3-8,11-14H,9-10H2,1-2H3,(H,26,29). The van der Waals surface area contributed by atoms with Gasteiger partial charge in [0.15, 0.2) is 5.82 Å². The molecule has 0 radical (unpaired) electrons. The highest BCUT2D eigenvalue weighted by atomic mass is 79.9. The molecule has 0 unspecified atom stereocenters. The maximum absolute atomic E-state index is 14.2. The van der Waals surface area contributed by atoms with Crippen molar-refractivity contribution in [1.29, 1.82) is 0 Å². The van der Waals surface area contributed by atoms with Crippen LogP contribution in [0.3, 0.4) is 0 Å². The normalized spacial score (nSPS) is 11.7. The number of non-ortho nitro benzene ring substituents is 1. The Hall–Kier alpha value is -3.36. The topological polar surface area (TPSA) is 144 Å². The molecule has 0 aliphatic carbocycles. The number of aryl methyl sites for hydroxylation is 2. The van der Waals surface area contributed by atoms with E-state index in [2.05, 4.69) is 15.9 Å². The molecule has 0 aliphatic heterocycles. The van der Waals surface area contributed by atoms with Gasteiger partial charge in [0.1, 0.15) is 4.90 Å². The molecule has 196 valence electrons. The Labute approximate surface area is 221 Å². The Morgan fingerprint density at radius 1 is 1.00 bits per heavy atom. The Kier molecular flexibility index (Phi) is 8.35. The first-order chi connectivity index (χ1) is 17.2. The van der Waals surface area contributed by atoms with Gasteiger partial charge in [0, 0.05) is 23.5 Å². The number of carbonyl (C=O) groups is 1. The molecule has 3 rings (SSSR count). The number of carbonyl (C=O) groups excluding carboxylic acids is 1. The SMILES string of the molecule is Cc1cc(C)cc(N(CCC(=O)NS(=O)(=O)c2ccc([N+](=O)[O-])cc2F)S(=O)(=O)c2ccc(Br)cc2)c1. The highest BCUT2D eigenvalue weighted by molar-refractivity contribution is 9.10. The van der Waals surface area contributed by atoms with Crippen molar-refractivity contribution in [3.8, 4) is 0 Å². The summed E-state index contributed by atoms with van der Waals surface area (Å²) < 4.78 is 69.5. The largest absolute Gasteiger partial charge is 0.274 e. The van der Waals surface area contributed by atoms with Crippen molar-refractivity contribution in [2.45, 2.75) is 30.1 Å². The molecule has 10 nitrogen and oxygen atoms in total. The number of nitro groups is 1. The van der Waals surface area contributed by atoms with Crippen LogP contribution in [0.4, 0.5) is 15.8 Å². The molecule has 0 saturated carbocycles. The van der Waals surface area contributed by atoms with Crippen LogP contribution in [0.2, 0.25) is 0 Å². The number of hydrogen-bond donors (Lipinski definition) is 1. The molecule has 0 bridgehead atoms. The zero-order valence-electron chi connectivity index (χ0n) is 19.5. The highest BCUT2D eigenvalue weighted by Crippen LogP contribution is 2.27. The van der Waals surface area contributed by atoms with Crippen LogP contribution in [0.5, 0.6) is 0 Å². The van der Waals surface area contributed by atoms with E-state index in [1.54, 1.807) is 42.8 Å². The van der Waals surface area contributed by atoms with Gasteiger partial charge in [-0.1, -0.05) is 22.0 Å². The second-order valence-electron chi connectivity index (χ2n) is 8.03. The maximum atomic E-state index is 14.2. The minimum atomic E-state index is -4.72. The van der Waals surface area contributed by atoms with Crippen molar-refractivity contribution in [3.05, 3.63) is 92.2 Å². The van der Waals surface area contributed by atoms with Gasteiger partial charge in [0.2, 0.25) is 5.91 Å². The van der Waals surface area contributed by atoms with Gasteiger partial charge in [-0.2, -0.15) is 0 Å². The van der Waals surface area contributed by atoms with Crippen LogP contribution in [-0.2, 0) is 24.8 Å². The smallest absolute Gasteiger partial charge is 0.272 e. The summed E-state index contributed by atoms with van der Waals surface area (Å²) >= 11 is 3.25. The van der Waals surface area contributed by atoms with Crippen molar-refractivity contribution >= 4 is 53.3 Å². The first kappa shape index (κ1) is 28.2. The Morgan fingerprint density at radius 3 is 2.14 bits per heavy atom. The third kappa shape index (κ3) is 6.70. The zero-order valence-corrected chi connectivity index (χ0v) is 22.7. The van der Waals surface area contributed by atoms with Crippen LogP contribution in [0.15, 0.2) is 74.9 Å². The van der Waals surface area contributed by atoms with Gasteiger partial charge in [0.25, 0.3) is 25.7 Å². The second-order valence-corrected chi connectivity index (χ2v) is 12.5. The minimum Gasteiger partial charge on any atom is -0.274 e. The molecule has 0 aromatic heterocycles. The molecule has 3 aromatic carbocycles. The number of rotatable bonds is 9. The van der Waals surface area contributed by atoms with Crippen molar-refractivity contribution < 1.29 is 30.9 Å². The van der Waals surface area contributed by atoms with Crippen LogP contribution >= 0.6 is 15.9 Å². The fourth-order valence-electron chi connectivity index (χ4n) is 3.50. The van der Waals surface area contributed by atoms with E-state index in [1.807, 2.05) is 6.07 Å². The lowest BCUT2D eigenvalue weighted by atomic mass is 10.1. The third-order valence-corrected chi connectivity index (χ3v) is 8.88. The van der Waals surface area contributed by atoms with E-state index >= 15 is 0 Å². The summed E-state index contributed by atoms with van der Waals surface area (Å²) in [5.41, 5.74) is 1.15. The summed E-state index contributed by atoms with van der Waals surface area (Å²) in [6, 6.07) is 12.8. The molecule has 37 heavy (non-hydrogen) atoms. The van der Waals surface area contributed by atoms with Gasteiger partial charge in [-0.3, -0.25) is 19.2 Å². The molecule has 1 N–H and O–H groups in total. The van der Waals surface area contributed by atoms with E-state index in [4.69, 9.17) is 0 Å². The van der Waals surface area contributed by atoms with E-state index in [-0.39, 0.29) is 10.6 Å². The number of amides is 1. The lowest BCUT2D eigenvalue weighted by Gasteiger charge is -2.25. The van der Waals surface area contributed by atoms with Crippen LogP contribution in [0.1, 0.15) is 17.5 Å². The van der Waals surface area contributed by atoms with Gasteiger partial charge in [-0.05, 0) is 67.4 Å². The number of halogens is 2. The monoisotopic (exact) mass is 613 g/mol. The van der Waals surface area contributed by atoms with Crippen LogP contribution in [0.25, 0.3) is 0 Å². The van der Waals surface area contributed by atoms with Gasteiger partial charge >= 0.3 is 0 Å². The Balaban J connectivity index is 1.88. The van der Waals surface area contributed by atoms with Gasteiger partial charge in [0.05, 0.1) is 21.6 Å². The predicted molar refractivity (Wildman–Crippen MR) is 138 cm³/mol. The number of nitrogens with one attached hydrogen (secondary N) is 1. The predicted octanol–water partition coefficient (Wildman–Crippen LogP) is 4.20. The molecule has 0 fully saturated rings. The van der Waals surface area contributed by atoms with E-state index in [9.17, 15) is 36.1 Å². The van der Waals surface area contributed by atoms with E-state index < -0.39 is 60.2 Å². The number of nitro benzene ring substituents is 1. The fraction of sp³-hybridized carbons (Fsp3) is 0.174. The van der Waals surface area contributed by atoms with Gasteiger partial charge in [-0.25, -0.2) is 25.9 Å². The molecule has 14 heteroatoms. The second kappa shape index (κ2) is 10.9. The maximum Gasteiger partial charge on any atom is 0.272 e. The summed E-state index contributed by atoms with van der Waals surface area (Å²) in [5, 5.41) is 10.8. The summed E-state index contributed by atoms with van der Waals surface area (Å²) in [7, 11) is -8.88. The van der Waals surface area contributed by atoms with Crippen molar-refractivity contribution in [3.63, 3.8) is 0 Å². The molecule has 0 spiro atoms. The number of benzene rings is 3. The first-order valence-corrected chi connectivity index (χ1v) is 14.3. The Morgan fingerprint density at radius 2 is 1.59 bits per heavy atom. The van der Waals surface area contributed by atoms with E-state index in [1.165, 1.54) is 12.1 Å². The lowest BCUT2D eigenvalue weighted by Crippen LogP contribution is -2.37. The zero-order chi connectivity index (χ0) is 27.5. The number of hydrogen-bond acceptors (Lipinski definition) is 7. The lowest BCUT2D eigenvalue weighted by molar-refractivity contribution is -0.385. The first-order valence-electron chi connectivity index (χ1n) is 10.6. The summed E-state index contributed by atoms with van der Waals surface area (Å²) in [6.45, 7) is 3.13. The van der Waals surface area contributed by atoms with Gasteiger partial charge in [-0.15, -0.1) is 0 Å². The number of nitrogens with zero attached hydrogens (tertiary/aromatic N) is 2. The number of sulfonamides is 2. The molecule has 3 aromatic rings. The molecule has 0 saturated heterocycles.